The summed E-state index contributed by atoms with van der Waals surface area (Å²) < 4.78 is 19.5. The molecule has 1 aliphatic carbocycles. The van der Waals surface area contributed by atoms with Crippen molar-refractivity contribution in [3.05, 3.63) is 11.6 Å². The first-order valence-electron chi connectivity index (χ1n) is 8.07. The number of esters is 4. The Morgan fingerprint density at radius 3 is 2.12 bits per heavy atom. The van der Waals surface area contributed by atoms with Gasteiger partial charge in [-0.15, -0.1) is 0 Å². The van der Waals surface area contributed by atoms with Crippen molar-refractivity contribution >= 4 is 23.9 Å². The molecule has 0 radical (unpaired) electrons. The molecule has 0 aromatic carbocycles. The highest BCUT2D eigenvalue weighted by Gasteiger charge is 2.71. The average molecular weight is 369 g/mol. The van der Waals surface area contributed by atoms with Crippen LogP contribution >= 0.6 is 0 Å². The highest BCUT2D eigenvalue weighted by Crippen LogP contribution is 2.55. The van der Waals surface area contributed by atoms with E-state index in [-0.39, 0.29) is 5.57 Å². The number of likely N-dealkylation sites (N-methyl/N-ethyl adjacent to an activating group) is 1. The van der Waals surface area contributed by atoms with Gasteiger partial charge in [0.2, 0.25) is 0 Å². The zero-order valence-corrected chi connectivity index (χ0v) is 15.4. The third-order valence-corrected chi connectivity index (χ3v) is 5.32. The minimum atomic E-state index is -1.72. The number of carbonyl (C=O) groups is 4. The Labute approximate surface area is 151 Å². The van der Waals surface area contributed by atoms with Crippen LogP contribution in [0.3, 0.4) is 0 Å². The van der Waals surface area contributed by atoms with Gasteiger partial charge in [0.05, 0.1) is 34.0 Å². The zero-order valence-electron chi connectivity index (χ0n) is 15.4. The Kier molecular flexibility index (Phi) is 5.70. The Balaban J connectivity index is 2.81. The number of carbonyl (C=O) groups excluding carboxylic acids is 4. The van der Waals surface area contributed by atoms with E-state index in [0.717, 1.165) is 14.2 Å². The Hall–Kier alpha value is -2.42. The van der Waals surface area contributed by atoms with Gasteiger partial charge in [-0.3, -0.25) is 19.3 Å². The number of methoxy groups -OCH3 is 4. The first-order chi connectivity index (χ1) is 12.3. The third-order valence-electron chi connectivity index (χ3n) is 5.32. The number of fused-ring (bicyclic) bond motifs is 1. The van der Waals surface area contributed by atoms with Crippen molar-refractivity contribution in [2.24, 2.45) is 11.3 Å². The molecule has 4 atom stereocenters. The van der Waals surface area contributed by atoms with Gasteiger partial charge in [-0.25, -0.2) is 4.79 Å². The van der Waals surface area contributed by atoms with Crippen LogP contribution in [0.4, 0.5) is 0 Å². The molecule has 4 unspecified atom stereocenters. The minimum absolute atomic E-state index is 0.00301. The maximum absolute atomic E-state index is 13.0. The van der Waals surface area contributed by atoms with Crippen LogP contribution in [0.25, 0.3) is 0 Å². The van der Waals surface area contributed by atoms with Crippen molar-refractivity contribution < 1.29 is 38.1 Å². The molecule has 2 aliphatic rings. The van der Waals surface area contributed by atoms with Crippen molar-refractivity contribution in [3.63, 3.8) is 0 Å². The number of nitrogens with zero attached hydrogens (tertiary/aromatic N) is 1. The summed E-state index contributed by atoms with van der Waals surface area (Å²) in [5.41, 5.74) is -1.72. The summed E-state index contributed by atoms with van der Waals surface area (Å²) >= 11 is 0. The number of hydrogen-bond donors (Lipinski definition) is 0. The van der Waals surface area contributed by atoms with Crippen molar-refractivity contribution in [2.45, 2.75) is 24.9 Å². The van der Waals surface area contributed by atoms with Crippen LogP contribution < -0.4 is 0 Å². The standard InChI is InChI=1S/C17H23NO8/c1-18-10-8-6-7-9(13(19)23-2)17(10,16(22)26-5)11(14(20)24-3)12(18)15(21)25-4/h7,10-12H,6,8H2,1-5H3. The first-order valence-corrected chi connectivity index (χ1v) is 8.07. The van der Waals surface area contributed by atoms with E-state index in [9.17, 15) is 19.2 Å². The second-order valence-corrected chi connectivity index (χ2v) is 6.20. The van der Waals surface area contributed by atoms with E-state index in [1.54, 1.807) is 18.0 Å². The molecule has 1 aliphatic heterocycles. The van der Waals surface area contributed by atoms with E-state index >= 15 is 0 Å². The quantitative estimate of drug-likeness (QED) is 0.487. The molecule has 0 saturated carbocycles. The predicted octanol–water partition coefficient (Wildman–Crippen LogP) is -0.316. The largest absolute Gasteiger partial charge is 0.469 e. The SMILES string of the molecule is COC(=O)C1=CCCC2N(C)C(C(=O)OC)C(C(=O)OC)C12C(=O)OC. The van der Waals surface area contributed by atoms with Gasteiger partial charge in [-0.05, 0) is 19.9 Å². The Bertz CT molecular complexity index is 657. The van der Waals surface area contributed by atoms with Crippen LogP contribution in [0.1, 0.15) is 12.8 Å². The molecule has 0 aromatic heterocycles. The van der Waals surface area contributed by atoms with Gasteiger partial charge in [0, 0.05) is 6.04 Å². The highest BCUT2D eigenvalue weighted by atomic mass is 16.5. The molecule has 0 spiro atoms. The van der Waals surface area contributed by atoms with Crippen LogP contribution in [-0.4, -0.2) is 76.3 Å². The summed E-state index contributed by atoms with van der Waals surface area (Å²) in [6.07, 6.45) is 2.47. The van der Waals surface area contributed by atoms with Crippen LogP contribution in [-0.2, 0) is 38.1 Å². The molecule has 2 rings (SSSR count). The van der Waals surface area contributed by atoms with Gasteiger partial charge in [0.25, 0.3) is 0 Å². The lowest BCUT2D eigenvalue weighted by molar-refractivity contribution is -0.167. The molecule has 1 fully saturated rings. The predicted molar refractivity (Wildman–Crippen MR) is 86.6 cm³/mol. The second-order valence-electron chi connectivity index (χ2n) is 6.20. The normalized spacial score (nSPS) is 30.7. The van der Waals surface area contributed by atoms with E-state index in [1.165, 1.54) is 14.2 Å². The molecule has 0 amide bonds. The van der Waals surface area contributed by atoms with E-state index in [1.807, 2.05) is 0 Å². The van der Waals surface area contributed by atoms with Crippen molar-refractivity contribution in [1.82, 2.24) is 4.90 Å². The molecule has 26 heavy (non-hydrogen) atoms. The van der Waals surface area contributed by atoms with Crippen molar-refractivity contribution in [2.75, 3.05) is 35.5 Å². The lowest BCUT2D eigenvalue weighted by atomic mass is 9.62. The van der Waals surface area contributed by atoms with Crippen molar-refractivity contribution in [3.8, 4) is 0 Å². The molecule has 0 N–H and O–H groups in total. The van der Waals surface area contributed by atoms with Crippen LogP contribution in [0.2, 0.25) is 0 Å². The number of ether oxygens (including phenoxy) is 4. The molecule has 0 aromatic rings. The summed E-state index contributed by atoms with van der Waals surface area (Å²) in [7, 11) is 6.29. The number of hydrogen-bond acceptors (Lipinski definition) is 9. The summed E-state index contributed by atoms with van der Waals surface area (Å²) in [4.78, 5) is 52.1. The first kappa shape index (κ1) is 19.9. The smallest absolute Gasteiger partial charge is 0.334 e. The maximum atomic E-state index is 13.0. The Morgan fingerprint density at radius 1 is 1.00 bits per heavy atom. The van der Waals surface area contributed by atoms with E-state index < -0.39 is 47.3 Å². The highest BCUT2D eigenvalue weighted by molar-refractivity contribution is 6.04. The number of allylic oxidation sites excluding steroid dienone is 1. The fourth-order valence-electron chi connectivity index (χ4n) is 4.31. The number of likely N-dealkylation sites (tertiary alicyclic amines) is 1. The maximum Gasteiger partial charge on any atom is 0.334 e. The second kappa shape index (κ2) is 7.45. The molecular formula is C17H23NO8. The average Bonchev–Trinajstić information content (AvgIpc) is 2.95. The van der Waals surface area contributed by atoms with Crippen LogP contribution in [0.15, 0.2) is 11.6 Å². The van der Waals surface area contributed by atoms with E-state index in [2.05, 4.69) is 0 Å². The zero-order chi connectivity index (χ0) is 19.6. The van der Waals surface area contributed by atoms with Crippen molar-refractivity contribution in [1.29, 1.82) is 0 Å². The summed E-state index contributed by atoms with van der Waals surface area (Å²) in [5, 5.41) is 0. The monoisotopic (exact) mass is 369 g/mol. The van der Waals surface area contributed by atoms with Gasteiger partial charge >= 0.3 is 23.9 Å². The fraction of sp³-hybridized carbons (Fsp3) is 0.647. The molecule has 1 saturated heterocycles. The summed E-state index contributed by atoms with van der Waals surface area (Å²) in [6, 6.07) is -1.75. The lowest BCUT2D eigenvalue weighted by Crippen LogP contribution is -2.54. The lowest BCUT2D eigenvalue weighted by Gasteiger charge is -2.40. The fourth-order valence-corrected chi connectivity index (χ4v) is 4.31. The van der Waals surface area contributed by atoms with Crippen LogP contribution in [0.5, 0.6) is 0 Å². The molecule has 144 valence electrons. The molecule has 9 heteroatoms. The number of rotatable bonds is 4. The molecular weight excluding hydrogens is 346 g/mol. The molecule has 9 nitrogen and oxygen atoms in total. The minimum Gasteiger partial charge on any atom is -0.469 e. The third kappa shape index (κ3) is 2.57. The molecule has 0 bridgehead atoms. The van der Waals surface area contributed by atoms with Crippen LogP contribution in [0, 0.1) is 11.3 Å². The van der Waals surface area contributed by atoms with Gasteiger partial charge in [0.15, 0.2) is 0 Å². The summed E-state index contributed by atoms with van der Waals surface area (Å²) in [5.74, 6) is -4.38. The summed E-state index contributed by atoms with van der Waals surface area (Å²) in [6.45, 7) is 0. The van der Waals surface area contributed by atoms with Gasteiger partial charge in [0.1, 0.15) is 17.4 Å². The van der Waals surface area contributed by atoms with Gasteiger partial charge < -0.3 is 18.9 Å². The van der Waals surface area contributed by atoms with E-state index in [0.29, 0.717) is 12.8 Å². The van der Waals surface area contributed by atoms with E-state index in [4.69, 9.17) is 18.9 Å². The topological polar surface area (TPSA) is 108 Å². The Morgan fingerprint density at radius 2 is 1.62 bits per heavy atom. The molecule has 1 heterocycles. The van der Waals surface area contributed by atoms with Gasteiger partial charge in [-0.1, -0.05) is 6.08 Å². The van der Waals surface area contributed by atoms with Gasteiger partial charge in [-0.2, -0.15) is 0 Å².